The second-order valence-electron chi connectivity index (χ2n) is 4.01. The topological polar surface area (TPSA) is 9.23 Å². The summed E-state index contributed by atoms with van der Waals surface area (Å²) in [5.74, 6) is 0.839. The first-order valence-corrected chi connectivity index (χ1v) is 5.75. The van der Waals surface area contributed by atoms with Crippen LogP contribution in [0.2, 0.25) is 10.0 Å². The van der Waals surface area contributed by atoms with Gasteiger partial charge in [-0.05, 0) is 29.7 Å². The maximum Gasteiger partial charge on any atom is 0.0533 e. The Labute approximate surface area is 101 Å². The average Bonchev–Trinajstić information content (AvgIpc) is 2.11. The minimum atomic E-state index is 0.339. The van der Waals surface area contributed by atoms with E-state index in [9.17, 15) is 0 Å². The lowest BCUT2D eigenvalue weighted by molar-refractivity contribution is 0.162. The first-order valence-electron chi connectivity index (χ1n) is 4.99. The molecule has 0 aliphatic carbocycles. The average molecular weight is 247 g/mol. The van der Waals surface area contributed by atoms with E-state index in [4.69, 9.17) is 27.9 Å². The summed E-state index contributed by atoms with van der Waals surface area (Å²) < 4.78 is 5.21. The molecular weight excluding hydrogens is 231 g/mol. The lowest BCUT2D eigenvalue weighted by Crippen LogP contribution is -2.12. The molecule has 0 fully saturated rings. The van der Waals surface area contributed by atoms with Crippen LogP contribution in [0.25, 0.3) is 0 Å². The number of rotatable bonds is 4. The number of ether oxygens (including phenoxy) is 1. The van der Waals surface area contributed by atoms with Crippen LogP contribution < -0.4 is 0 Å². The third-order valence-electron chi connectivity index (χ3n) is 2.46. The van der Waals surface area contributed by atoms with Crippen molar-refractivity contribution in [3.05, 3.63) is 33.8 Å². The zero-order chi connectivity index (χ0) is 11.4. The van der Waals surface area contributed by atoms with Gasteiger partial charge in [-0.3, -0.25) is 0 Å². The lowest BCUT2D eigenvalue weighted by atomic mass is 9.89. The molecule has 1 aromatic carbocycles. The van der Waals surface area contributed by atoms with Gasteiger partial charge in [0.15, 0.2) is 0 Å². The van der Waals surface area contributed by atoms with Crippen molar-refractivity contribution in [1.82, 2.24) is 0 Å². The number of halogens is 2. The largest absolute Gasteiger partial charge is 0.384 e. The highest BCUT2D eigenvalue weighted by atomic mass is 35.5. The van der Waals surface area contributed by atoms with Crippen molar-refractivity contribution >= 4 is 23.2 Å². The summed E-state index contributed by atoms with van der Waals surface area (Å²) in [6.45, 7) is 5.02. The van der Waals surface area contributed by atoms with Gasteiger partial charge < -0.3 is 4.74 Å². The van der Waals surface area contributed by atoms with Crippen molar-refractivity contribution in [1.29, 1.82) is 0 Å². The third-order valence-corrected chi connectivity index (χ3v) is 2.90. The maximum absolute atomic E-state index is 5.97. The highest BCUT2D eigenvalue weighted by molar-refractivity contribution is 6.34. The van der Waals surface area contributed by atoms with Gasteiger partial charge in [0.05, 0.1) is 6.61 Å². The van der Waals surface area contributed by atoms with E-state index in [1.54, 1.807) is 13.2 Å². The first kappa shape index (κ1) is 12.8. The predicted molar refractivity (Wildman–Crippen MR) is 65.9 cm³/mol. The number of hydrogen-bond donors (Lipinski definition) is 0. The van der Waals surface area contributed by atoms with E-state index in [-0.39, 0.29) is 0 Å². The molecule has 0 aromatic heterocycles. The molecule has 84 valence electrons. The van der Waals surface area contributed by atoms with Gasteiger partial charge in [0.1, 0.15) is 0 Å². The fraction of sp³-hybridized carbons (Fsp3) is 0.500. The van der Waals surface area contributed by atoms with Gasteiger partial charge in [0.2, 0.25) is 0 Å². The van der Waals surface area contributed by atoms with Gasteiger partial charge in [-0.15, -0.1) is 0 Å². The molecule has 1 nitrogen and oxygen atoms in total. The summed E-state index contributed by atoms with van der Waals surface area (Å²) >= 11 is 11.9. The minimum absolute atomic E-state index is 0.339. The van der Waals surface area contributed by atoms with E-state index in [1.165, 1.54) is 0 Å². The molecule has 15 heavy (non-hydrogen) atoms. The van der Waals surface area contributed by atoms with E-state index in [2.05, 4.69) is 13.8 Å². The maximum atomic E-state index is 5.97. The fourth-order valence-electron chi connectivity index (χ4n) is 1.64. The summed E-state index contributed by atoms with van der Waals surface area (Å²) in [5, 5.41) is 1.36. The Bertz CT molecular complexity index is 303. The minimum Gasteiger partial charge on any atom is -0.384 e. The van der Waals surface area contributed by atoms with Crippen molar-refractivity contribution in [2.75, 3.05) is 13.7 Å². The molecule has 0 unspecified atom stereocenters. The lowest BCUT2D eigenvalue weighted by Gasteiger charge is -2.20. The molecule has 1 rings (SSSR count). The fourth-order valence-corrected chi connectivity index (χ4v) is 2.19. The Hall–Kier alpha value is -0.240. The van der Waals surface area contributed by atoms with Crippen molar-refractivity contribution in [2.45, 2.75) is 19.8 Å². The molecule has 0 radical (unpaired) electrons. The van der Waals surface area contributed by atoms with Gasteiger partial charge in [-0.25, -0.2) is 0 Å². The summed E-state index contributed by atoms with van der Waals surface area (Å²) in [7, 11) is 1.71. The summed E-state index contributed by atoms with van der Waals surface area (Å²) in [6.07, 6.45) is 0. The highest BCUT2D eigenvalue weighted by Crippen LogP contribution is 2.29. The Kier molecular flexibility index (Phi) is 4.91. The quantitative estimate of drug-likeness (QED) is 0.767. The standard InChI is InChI=1S/C12H16Cl2O/c1-8(2)12(7-15-3)9-4-10(13)6-11(14)5-9/h4-6,8,12H,7H2,1-3H3/t12-/m1/s1. The Morgan fingerprint density at radius 3 is 2.07 bits per heavy atom. The van der Waals surface area contributed by atoms with E-state index < -0.39 is 0 Å². The molecule has 1 aromatic rings. The molecule has 0 saturated heterocycles. The zero-order valence-corrected chi connectivity index (χ0v) is 10.8. The summed E-state index contributed by atoms with van der Waals surface area (Å²) in [6, 6.07) is 5.66. The molecule has 0 aliphatic rings. The molecule has 0 bridgehead atoms. The van der Waals surface area contributed by atoms with Gasteiger partial charge in [-0.2, -0.15) is 0 Å². The predicted octanol–water partition coefficient (Wildman–Crippen LogP) is 4.38. The molecule has 0 aliphatic heterocycles. The molecule has 0 heterocycles. The van der Waals surface area contributed by atoms with Crippen molar-refractivity contribution in [3.8, 4) is 0 Å². The summed E-state index contributed by atoms with van der Waals surface area (Å²) in [5.41, 5.74) is 1.14. The van der Waals surface area contributed by atoms with Crippen LogP contribution in [0.4, 0.5) is 0 Å². The van der Waals surface area contributed by atoms with E-state index in [1.807, 2.05) is 12.1 Å². The van der Waals surface area contributed by atoms with Crippen LogP contribution in [-0.4, -0.2) is 13.7 Å². The molecule has 1 atom stereocenters. The Balaban J connectivity index is 2.99. The second-order valence-corrected chi connectivity index (χ2v) is 4.88. The normalized spacial score (nSPS) is 13.2. The van der Waals surface area contributed by atoms with E-state index in [0.29, 0.717) is 28.5 Å². The van der Waals surface area contributed by atoms with Crippen LogP contribution in [0.5, 0.6) is 0 Å². The number of methoxy groups -OCH3 is 1. The molecule has 3 heteroatoms. The molecule has 0 N–H and O–H groups in total. The third kappa shape index (κ3) is 3.67. The van der Waals surface area contributed by atoms with Gasteiger partial charge in [0, 0.05) is 23.1 Å². The van der Waals surface area contributed by atoms with E-state index in [0.717, 1.165) is 5.56 Å². The van der Waals surface area contributed by atoms with Crippen LogP contribution in [-0.2, 0) is 4.74 Å². The van der Waals surface area contributed by atoms with Crippen LogP contribution in [0.15, 0.2) is 18.2 Å². The Morgan fingerprint density at radius 2 is 1.67 bits per heavy atom. The smallest absolute Gasteiger partial charge is 0.0533 e. The second kappa shape index (κ2) is 5.74. The van der Waals surface area contributed by atoms with Crippen LogP contribution in [0.1, 0.15) is 25.3 Å². The van der Waals surface area contributed by atoms with Crippen molar-refractivity contribution < 1.29 is 4.74 Å². The van der Waals surface area contributed by atoms with Crippen LogP contribution in [0, 0.1) is 5.92 Å². The van der Waals surface area contributed by atoms with Crippen LogP contribution in [0.3, 0.4) is 0 Å². The summed E-state index contributed by atoms with van der Waals surface area (Å²) in [4.78, 5) is 0. The molecule has 0 spiro atoms. The SMILES string of the molecule is COC[C@@H](c1cc(Cl)cc(Cl)c1)C(C)C. The van der Waals surface area contributed by atoms with E-state index >= 15 is 0 Å². The molecule has 0 saturated carbocycles. The van der Waals surface area contributed by atoms with Crippen molar-refractivity contribution in [3.63, 3.8) is 0 Å². The highest BCUT2D eigenvalue weighted by Gasteiger charge is 2.16. The van der Waals surface area contributed by atoms with Crippen LogP contribution >= 0.6 is 23.2 Å². The Morgan fingerprint density at radius 1 is 1.13 bits per heavy atom. The monoisotopic (exact) mass is 246 g/mol. The zero-order valence-electron chi connectivity index (χ0n) is 9.26. The van der Waals surface area contributed by atoms with Gasteiger partial charge >= 0.3 is 0 Å². The molecule has 0 amide bonds. The van der Waals surface area contributed by atoms with Gasteiger partial charge in [0.25, 0.3) is 0 Å². The molecular formula is C12H16Cl2O. The van der Waals surface area contributed by atoms with Gasteiger partial charge in [-0.1, -0.05) is 37.0 Å². The number of benzene rings is 1. The van der Waals surface area contributed by atoms with Crippen molar-refractivity contribution in [2.24, 2.45) is 5.92 Å². The first-order chi connectivity index (χ1) is 7.04. The number of hydrogen-bond acceptors (Lipinski definition) is 1.